The molecule has 4 saturated carbocycles. The molecule has 0 aromatic rings. The maximum absolute atomic E-state index is 13.3. The SMILES string of the molecule is CCOC[C@@]1(O)CC[C@H]2[C@H](CC[C@@H]3[C@@H]2CC[C@]2(C)[C@@H](C(=O)N4CCCC4)CC[C@@H]32)C1. The van der Waals surface area contributed by atoms with Crippen LogP contribution >= 0.6 is 0 Å². The van der Waals surface area contributed by atoms with Gasteiger partial charge in [0.25, 0.3) is 0 Å². The smallest absolute Gasteiger partial charge is 0.226 e. The van der Waals surface area contributed by atoms with Crippen molar-refractivity contribution in [3.05, 3.63) is 0 Å². The van der Waals surface area contributed by atoms with Crippen molar-refractivity contribution >= 4 is 5.91 Å². The molecule has 0 spiro atoms. The summed E-state index contributed by atoms with van der Waals surface area (Å²) in [6.45, 7) is 7.70. The first-order valence-electron chi connectivity index (χ1n) is 13.0. The quantitative estimate of drug-likeness (QED) is 0.725. The van der Waals surface area contributed by atoms with Crippen LogP contribution in [-0.2, 0) is 9.53 Å². The fourth-order valence-electron chi connectivity index (χ4n) is 8.95. The minimum Gasteiger partial charge on any atom is -0.387 e. The van der Waals surface area contributed by atoms with Gasteiger partial charge in [0.2, 0.25) is 5.91 Å². The highest BCUT2D eigenvalue weighted by molar-refractivity contribution is 5.80. The molecular formula is C26H43NO3. The lowest BCUT2D eigenvalue weighted by molar-refractivity contribution is -0.145. The number of fused-ring (bicyclic) bond motifs is 5. The minimum atomic E-state index is -0.589. The van der Waals surface area contributed by atoms with Gasteiger partial charge in [0, 0.05) is 25.6 Å². The van der Waals surface area contributed by atoms with E-state index in [1.807, 2.05) is 6.92 Å². The third kappa shape index (κ3) is 3.45. The molecule has 0 aromatic heterocycles. The van der Waals surface area contributed by atoms with E-state index < -0.39 is 5.60 Å². The molecule has 1 amide bonds. The van der Waals surface area contributed by atoms with E-state index in [0.717, 1.165) is 56.0 Å². The fraction of sp³-hybridized carbons (Fsp3) is 0.962. The third-order valence-electron chi connectivity index (χ3n) is 10.4. The van der Waals surface area contributed by atoms with Crippen molar-refractivity contribution in [3.63, 3.8) is 0 Å². The maximum Gasteiger partial charge on any atom is 0.226 e. The van der Waals surface area contributed by atoms with E-state index in [1.54, 1.807) is 0 Å². The average molecular weight is 418 g/mol. The highest BCUT2D eigenvalue weighted by atomic mass is 16.5. The Balaban J connectivity index is 1.28. The van der Waals surface area contributed by atoms with E-state index in [4.69, 9.17) is 4.74 Å². The molecule has 1 saturated heterocycles. The molecule has 4 aliphatic carbocycles. The van der Waals surface area contributed by atoms with Crippen molar-refractivity contribution < 1.29 is 14.6 Å². The Morgan fingerprint density at radius 1 is 1.00 bits per heavy atom. The van der Waals surface area contributed by atoms with Crippen LogP contribution in [0.5, 0.6) is 0 Å². The number of hydrogen-bond acceptors (Lipinski definition) is 3. The van der Waals surface area contributed by atoms with Crippen molar-refractivity contribution in [2.45, 2.75) is 90.1 Å². The summed E-state index contributed by atoms with van der Waals surface area (Å²) in [6, 6.07) is 0. The zero-order valence-corrected chi connectivity index (χ0v) is 19.3. The molecular weight excluding hydrogens is 374 g/mol. The van der Waals surface area contributed by atoms with Gasteiger partial charge in [-0.15, -0.1) is 0 Å². The molecule has 0 unspecified atom stereocenters. The first-order valence-corrected chi connectivity index (χ1v) is 13.0. The van der Waals surface area contributed by atoms with Gasteiger partial charge in [-0.2, -0.15) is 0 Å². The molecule has 5 aliphatic rings. The summed E-state index contributed by atoms with van der Waals surface area (Å²) in [5, 5.41) is 11.1. The highest BCUT2D eigenvalue weighted by Gasteiger charge is 2.59. The van der Waals surface area contributed by atoms with E-state index in [-0.39, 0.29) is 11.3 Å². The second-order valence-electron chi connectivity index (χ2n) is 11.7. The summed E-state index contributed by atoms with van der Waals surface area (Å²) in [5.41, 5.74) is -0.355. The van der Waals surface area contributed by atoms with Gasteiger partial charge in [-0.05, 0) is 113 Å². The minimum absolute atomic E-state index is 0.234. The van der Waals surface area contributed by atoms with E-state index in [9.17, 15) is 9.90 Å². The van der Waals surface area contributed by atoms with Crippen LogP contribution < -0.4 is 0 Å². The first-order chi connectivity index (χ1) is 14.5. The predicted octanol–water partition coefficient (Wildman–Crippen LogP) is 4.65. The average Bonchev–Trinajstić information content (AvgIpc) is 3.39. The van der Waals surface area contributed by atoms with Gasteiger partial charge in [0.1, 0.15) is 0 Å². The Morgan fingerprint density at radius 3 is 2.53 bits per heavy atom. The molecule has 1 heterocycles. The zero-order valence-electron chi connectivity index (χ0n) is 19.3. The number of nitrogens with zero attached hydrogens (tertiary/aromatic N) is 1. The topological polar surface area (TPSA) is 49.8 Å². The van der Waals surface area contributed by atoms with Crippen molar-refractivity contribution in [1.29, 1.82) is 0 Å². The lowest BCUT2D eigenvalue weighted by Crippen LogP contribution is -2.53. The molecule has 0 bridgehead atoms. The number of hydrogen-bond donors (Lipinski definition) is 1. The van der Waals surface area contributed by atoms with Crippen LogP contribution in [0.1, 0.15) is 84.5 Å². The van der Waals surface area contributed by atoms with E-state index >= 15 is 0 Å². The van der Waals surface area contributed by atoms with Crippen LogP contribution in [-0.4, -0.2) is 47.8 Å². The number of carbonyl (C=O) groups is 1. The largest absolute Gasteiger partial charge is 0.387 e. The van der Waals surface area contributed by atoms with Gasteiger partial charge in [-0.3, -0.25) is 4.79 Å². The van der Waals surface area contributed by atoms with Crippen LogP contribution in [0.15, 0.2) is 0 Å². The molecule has 30 heavy (non-hydrogen) atoms. The summed E-state index contributed by atoms with van der Waals surface area (Å²) in [5.74, 6) is 4.64. The van der Waals surface area contributed by atoms with Gasteiger partial charge in [0.05, 0.1) is 12.2 Å². The van der Waals surface area contributed by atoms with Gasteiger partial charge in [-0.25, -0.2) is 0 Å². The highest BCUT2D eigenvalue weighted by Crippen LogP contribution is 2.64. The number of likely N-dealkylation sites (tertiary alicyclic amines) is 1. The Labute approximate surface area is 183 Å². The first kappa shape index (κ1) is 21.2. The van der Waals surface area contributed by atoms with Gasteiger partial charge >= 0.3 is 0 Å². The number of amides is 1. The maximum atomic E-state index is 13.3. The van der Waals surface area contributed by atoms with Gasteiger partial charge < -0.3 is 14.7 Å². The predicted molar refractivity (Wildman–Crippen MR) is 118 cm³/mol. The number of carbonyl (C=O) groups excluding carboxylic acids is 1. The Hall–Kier alpha value is -0.610. The molecule has 5 rings (SSSR count). The van der Waals surface area contributed by atoms with E-state index in [0.29, 0.717) is 25.0 Å². The molecule has 0 aromatic carbocycles. The molecule has 1 N–H and O–H groups in total. The van der Waals surface area contributed by atoms with Crippen LogP contribution in [0, 0.1) is 40.9 Å². The summed E-state index contributed by atoms with van der Waals surface area (Å²) in [7, 11) is 0. The van der Waals surface area contributed by atoms with E-state index in [2.05, 4.69) is 11.8 Å². The second kappa shape index (κ2) is 8.06. The fourth-order valence-corrected chi connectivity index (χ4v) is 8.95. The van der Waals surface area contributed by atoms with Gasteiger partial charge in [0.15, 0.2) is 0 Å². The van der Waals surface area contributed by atoms with Crippen molar-refractivity contribution in [1.82, 2.24) is 4.90 Å². The molecule has 4 heteroatoms. The van der Waals surface area contributed by atoms with Crippen LogP contribution in [0.25, 0.3) is 0 Å². The molecule has 8 atom stereocenters. The standard InChI is InChI=1S/C26H43NO3/c1-3-30-17-26(29)13-11-19-18(16-26)6-7-21-20(19)10-12-25(2)22(21)8-9-23(25)24(28)27-14-4-5-15-27/h18-23,29H,3-17H2,1-2H3/t18-,19+,20-,21-,22+,23-,25+,26-/m1/s1. The molecule has 5 fully saturated rings. The number of ether oxygens (including phenoxy) is 1. The second-order valence-corrected chi connectivity index (χ2v) is 11.7. The third-order valence-corrected chi connectivity index (χ3v) is 10.4. The summed E-state index contributed by atoms with van der Waals surface area (Å²) < 4.78 is 5.62. The summed E-state index contributed by atoms with van der Waals surface area (Å²) >= 11 is 0. The van der Waals surface area contributed by atoms with Gasteiger partial charge in [-0.1, -0.05) is 6.92 Å². The Bertz CT molecular complexity index is 646. The Morgan fingerprint density at radius 2 is 1.77 bits per heavy atom. The zero-order chi connectivity index (χ0) is 20.9. The number of rotatable bonds is 4. The van der Waals surface area contributed by atoms with Crippen molar-refractivity contribution in [2.24, 2.45) is 40.9 Å². The molecule has 4 nitrogen and oxygen atoms in total. The van der Waals surface area contributed by atoms with Crippen molar-refractivity contribution in [3.8, 4) is 0 Å². The summed E-state index contributed by atoms with van der Waals surface area (Å²) in [6.07, 6.45) is 13.0. The monoisotopic (exact) mass is 417 g/mol. The Kier molecular flexibility index (Phi) is 5.71. The molecule has 0 radical (unpaired) electrons. The molecule has 1 aliphatic heterocycles. The lowest BCUT2D eigenvalue weighted by Gasteiger charge is -2.57. The number of aliphatic hydroxyl groups is 1. The van der Waals surface area contributed by atoms with Crippen molar-refractivity contribution in [2.75, 3.05) is 26.3 Å². The molecule has 170 valence electrons. The summed E-state index contributed by atoms with van der Waals surface area (Å²) in [4.78, 5) is 15.5. The lowest BCUT2D eigenvalue weighted by atomic mass is 9.49. The van der Waals surface area contributed by atoms with Crippen LogP contribution in [0.3, 0.4) is 0 Å². The normalized spacial score (nSPS) is 48.2. The van der Waals surface area contributed by atoms with Crippen LogP contribution in [0.2, 0.25) is 0 Å². The van der Waals surface area contributed by atoms with E-state index in [1.165, 1.54) is 51.4 Å². The van der Waals surface area contributed by atoms with Crippen LogP contribution in [0.4, 0.5) is 0 Å².